The molecule has 0 saturated carbocycles. The number of hydrogen-bond donors (Lipinski definition) is 1. The fraction of sp³-hybridized carbons (Fsp3) is 0.120. The van der Waals surface area contributed by atoms with Crippen LogP contribution in [0.5, 0.6) is 0 Å². The minimum absolute atomic E-state index is 0.0399. The number of aromatic nitrogens is 5. The van der Waals surface area contributed by atoms with Gasteiger partial charge in [-0.1, -0.05) is 71.2 Å². The number of rotatable bonds is 6. The maximum Gasteiger partial charge on any atom is 0.247 e. The highest BCUT2D eigenvalue weighted by molar-refractivity contribution is 6.35. The van der Waals surface area contributed by atoms with Gasteiger partial charge in [-0.3, -0.25) is 9.48 Å². The Morgan fingerprint density at radius 3 is 2.57 bits per heavy atom. The molecule has 5 rings (SSSR count). The Morgan fingerprint density at radius 2 is 1.80 bits per heavy atom. The van der Waals surface area contributed by atoms with Crippen LogP contribution >= 0.6 is 34.8 Å². The summed E-state index contributed by atoms with van der Waals surface area (Å²) >= 11 is 18.5. The Bertz CT molecular complexity index is 1540. The van der Waals surface area contributed by atoms with E-state index in [-0.39, 0.29) is 18.3 Å². The summed E-state index contributed by atoms with van der Waals surface area (Å²) in [4.78, 5) is 17.3. The van der Waals surface area contributed by atoms with Gasteiger partial charge in [-0.15, -0.1) is 0 Å². The van der Waals surface area contributed by atoms with E-state index in [0.29, 0.717) is 27.3 Å². The molecule has 35 heavy (non-hydrogen) atoms. The van der Waals surface area contributed by atoms with Crippen LogP contribution in [-0.2, 0) is 17.9 Å². The number of carbonyl (C=O) groups excluding carboxylic acids is 1. The Morgan fingerprint density at radius 1 is 1.00 bits per heavy atom. The molecule has 176 valence electrons. The van der Waals surface area contributed by atoms with E-state index in [2.05, 4.69) is 20.5 Å². The molecule has 0 bridgehead atoms. The van der Waals surface area contributed by atoms with E-state index in [1.165, 1.54) is 0 Å². The average molecular weight is 526 g/mol. The van der Waals surface area contributed by atoms with Crippen LogP contribution in [0.25, 0.3) is 22.2 Å². The van der Waals surface area contributed by atoms with E-state index >= 15 is 0 Å². The van der Waals surface area contributed by atoms with Crippen molar-refractivity contribution >= 4 is 57.6 Å². The number of amides is 1. The van der Waals surface area contributed by atoms with Crippen LogP contribution < -0.4 is 5.32 Å². The van der Waals surface area contributed by atoms with Gasteiger partial charge in [-0.25, -0.2) is 9.67 Å². The van der Waals surface area contributed by atoms with E-state index in [1.54, 1.807) is 33.9 Å². The van der Waals surface area contributed by atoms with Crippen LogP contribution in [0.2, 0.25) is 15.1 Å². The number of fused-ring (bicyclic) bond motifs is 1. The van der Waals surface area contributed by atoms with Crippen molar-refractivity contribution in [1.82, 2.24) is 24.5 Å². The van der Waals surface area contributed by atoms with Crippen molar-refractivity contribution < 1.29 is 4.79 Å². The Labute approximate surface area is 216 Å². The number of aryl methyl sites for hydroxylation is 1. The lowest BCUT2D eigenvalue weighted by atomic mass is 10.0. The molecule has 0 aliphatic carbocycles. The second-order valence-electron chi connectivity index (χ2n) is 7.97. The summed E-state index contributed by atoms with van der Waals surface area (Å²) in [5, 5.41) is 14.0. The first-order valence-corrected chi connectivity index (χ1v) is 11.9. The van der Waals surface area contributed by atoms with Gasteiger partial charge in [0.05, 0.1) is 12.2 Å². The molecule has 2 aromatic carbocycles. The molecular weight excluding hydrogens is 507 g/mol. The van der Waals surface area contributed by atoms with Crippen LogP contribution in [0, 0.1) is 6.92 Å². The third-order valence-corrected chi connectivity index (χ3v) is 6.37. The Kier molecular flexibility index (Phi) is 6.47. The minimum atomic E-state index is -0.321. The van der Waals surface area contributed by atoms with Gasteiger partial charge < -0.3 is 5.32 Å². The molecule has 0 unspecified atom stereocenters. The zero-order valence-corrected chi connectivity index (χ0v) is 20.8. The standard InChI is InChI=1S/C25H19Cl3N6O/c1-15-23-19(16-5-3-2-4-6-16)9-10-29-25(23)34(31-15)14-22(35)30-24-21(28)13-33(32-24)12-17-7-8-18(26)11-20(17)27/h2-11,13H,12,14H2,1H3,(H,30,32,35). The first kappa shape index (κ1) is 23.4. The SMILES string of the molecule is Cc1nn(CC(=O)Nc2nn(Cc3ccc(Cl)cc3Cl)cc2Cl)c2nccc(-c3ccccc3)c12. The van der Waals surface area contributed by atoms with Crippen molar-refractivity contribution in [2.75, 3.05) is 5.32 Å². The van der Waals surface area contributed by atoms with Gasteiger partial charge in [0, 0.05) is 27.8 Å². The van der Waals surface area contributed by atoms with Crippen molar-refractivity contribution in [2.24, 2.45) is 0 Å². The Balaban J connectivity index is 1.35. The molecule has 7 nitrogen and oxygen atoms in total. The number of halogens is 3. The molecule has 3 heterocycles. The number of pyridine rings is 1. The molecule has 5 aromatic rings. The smallest absolute Gasteiger partial charge is 0.247 e. The monoisotopic (exact) mass is 524 g/mol. The van der Waals surface area contributed by atoms with Gasteiger partial charge >= 0.3 is 0 Å². The van der Waals surface area contributed by atoms with E-state index in [0.717, 1.165) is 27.8 Å². The average Bonchev–Trinajstić information content (AvgIpc) is 3.34. The summed E-state index contributed by atoms with van der Waals surface area (Å²) in [6.07, 6.45) is 3.35. The van der Waals surface area contributed by atoms with Crippen LogP contribution in [0.4, 0.5) is 5.82 Å². The lowest BCUT2D eigenvalue weighted by molar-refractivity contribution is -0.116. The van der Waals surface area contributed by atoms with Gasteiger partial charge in [0.25, 0.3) is 0 Å². The quantitative estimate of drug-likeness (QED) is 0.284. The highest BCUT2D eigenvalue weighted by atomic mass is 35.5. The zero-order valence-electron chi connectivity index (χ0n) is 18.5. The Hall–Kier alpha value is -3.39. The number of nitrogens with one attached hydrogen (secondary N) is 1. The summed E-state index contributed by atoms with van der Waals surface area (Å²) in [5.74, 6) is -0.0640. The number of hydrogen-bond acceptors (Lipinski definition) is 4. The number of anilines is 1. The van der Waals surface area contributed by atoms with Crippen molar-refractivity contribution in [3.05, 3.63) is 93.3 Å². The third kappa shape index (κ3) is 4.89. The fourth-order valence-electron chi connectivity index (χ4n) is 3.94. The molecule has 3 aromatic heterocycles. The number of carbonyl (C=O) groups is 1. The molecule has 1 N–H and O–H groups in total. The van der Waals surface area contributed by atoms with Crippen molar-refractivity contribution in [3.8, 4) is 11.1 Å². The van der Waals surface area contributed by atoms with Gasteiger partial charge in [0.15, 0.2) is 11.5 Å². The van der Waals surface area contributed by atoms with E-state index in [1.807, 2.05) is 49.4 Å². The highest BCUT2D eigenvalue weighted by Gasteiger charge is 2.17. The van der Waals surface area contributed by atoms with Gasteiger partial charge in [0.2, 0.25) is 5.91 Å². The van der Waals surface area contributed by atoms with E-state index in [4.69, 9.17) is 34.8 Å². The van der Waals surface area contributed by atoms with Gasteiger partial charge in [0.1, 0.15) is 11.6 Å². The highest BCUT2D eigenvalue weighted by Crippen LogP contribution is 2.30. The first-order valence-electron chi connectivity index (χ1n) is 10.7. The van der Waals surface area contributed by atoms with E-state index < -0.39 is 0 Å². The normalized spacial score (nSPS) is 11.2. The van der Waals surface area contributed by atoms with Crippen molar-refractivity contribution in [1.29, 1.82) is 0 Å². The molecular formula is C25H19Cl3N6O. The number of benzene rings is 2. The minimum Gasteiger partial charge on any atom is -0.306 e. The van der Waals surface area contributed by atoms with Gasteiger partial charge in [-0.05, 0) is 41.8 Å². The largest absolute Gasteiger partial charge is 0.306 e. The second kappa shape index (κ2) is 9.70. The summed E-state index contributed by atoms with van der Waals surface area (Å²) in [7, 11) is 0. The molecule has 0 fully saturated rings. The van der Waals surface area contributed by atoms with Crippen LogP contribution in [0.15, 0.2) is 67.0 Å². The molecule has 0 aliphatic rings. The van der Waals surface area contributed by atoms with E-state index in [9.17, 15) is 4.79 Å². The summed E-state index contributed by atoms with van der Waals surface area (Å²) in [5.41, 5.74) is 4.33. The third-order valence-electron chi connectivity index (χ3n) is 5.51. The molecule has 10 heteroatoms. The maximum atomic E-state index is 12.9. The first-order chi connectivity index (χ1) is 16.9. The molecule has 0 radical (unpaired) electrons. The summed E-state index contributed by atoms with van der Waals surface area (Å²) < 4.78 is 3.19. The van der Waals surface area contributed by atoms with Crippen LogP contribution in [0.3, 0.4) is 0 Å². The maximum absolute atomic E-state index is 12.9. The van der Waals surface area contributed by atoms with Gasteiger partial charge in [-0.2, -0.15) is 10.2 Å². The van der Waals surface area contributed by atoms with Crippen molar-refractivity contribution in [2.45, 2.75) is 20.0 Å². The van der Waals surface area contributed by atoms with Crippen molar-refractivity contribution in [3.63, 3.8) is 0 Å². The summed E-state index contributed by atoms with van der Waals surface area (Å²) in [6.45, 7) is 2.24. The number of nitrogens with zero attached hydrogens (tertiary/aromatic N) is 5. The molecule has 1 amide bonds. The molecule has 0 saturated heterocycles. The lowest BCUT2D eigenvalue weighted by Gasteiger charge is -2.06. The predicted octanol–water partition coefficient (Wildman–Crippen LogP) is 6.25. The van der Waals surface area contributed by atoms with Crippen LogP contribution in [0.1, 0.15) is 11.3 Å². The van der Waals surface area contributed by atoms with Crippen LogP contribution in [-0.4, -0.2) is 30.5 Å². The molecule has 0 aliphatic heterocycles. The summed E-state index contributed by atoms with van der Waals surface area (Å²) in [6, 6.07) is 17.2. The topological polar surface area (TPSA) is 77.6 Å². The predicted molar refractivity (Wildman–Crippen MR) is 139 cm³/mol. The molecule has 0 atom stereocenters. The zero-order chi connectivity index (χ0) is 24.5. The second-order valence-corrected chi connectivity index (χ2v) is 9.22. The lowest BCUT2D eigenvalue weighted by Crippen LogP contribution is -2.20. The fourth-order valence-corrected chi connectivity index (χ4v) is 4.61. The molecule has 0 spiro atoms.